The van der Waals surface area contributed by atoms with Gasteiger partial charge in [-0.15, -0.1) is 11.3 Å². The Balaban J connectivity index is 1.35. The first-order chi connectivity index (χ1) is 20.5. The lowest BCUT2D eigenvalue weighted by molar-refractivity contribution is 0.0527. The van der Waals surface area contributed by atoms with E-state index in [9.17, 15) is 20.1 Å². The normalized spacial score (nSPS) is 13.8. The second-order valence-electron chi connectivity index (χ2n) is 10.4. The van der Waals surface area contributed by atoms with Crippen LogP contribution in [-0.2, 0) is 19.4 Å². The molecule has 0 saturated carbocycles. The van der Waals surface area contributed by atoms with Gasteiger partial charge >= 0.3 is 0 Å². The molecule has 2 unspecified atom stereocenters. The second-order valence-corrected chi connectivity index (χ2v) is 11.3. The molecular weight excluding hydrogens is 554 g/mol. The molecule has 9 nitrogen and oxygen atoms in total. The van der Waals surface area contributed by atoms with Crippen LogP contribution < -0.4 is 14.8 Å². The molecule has 0 spiro atoms. The number of ether oxygens (including phenoxy) is 2. The van der Waals surface area contributed by atoms with Crippen molar-refractivity contribution in [1.29, 1.82) is 0 Å². The maximum absolute atomic E-state index is 13.9. The molecule has 0 fully saturated rings. The first-order valence-corrected chi connectivity index (χ1v) is 14.8. The number of aromatic amines is 1. The largest absolute Gasteiger partial charge is 0.493 e. The van der Waals surface area contributed by atoms with E-state index < -0.39 is 18.8 Å². The van der Waals surface area contributed by atoms with E-state index >= 15 is 0 Å². The molecule has 0 radical (unpaired) electrons. The minimum absolute atomic E-state index is 0.0836. The van der Waals surface area contributed by atoms with Crippen molar-refractivity contribution in [2.75, 3.05) is 26.9 Å². The molecule has 4 heterocycles. The van der Waals surface area contributed by atoms with Crippen molar-refractivity contribution in [3.63, 3.8) is 0 Å². The molecule has 2 aromatic carbocycles. The van der Waals surface area contributed by atoms with Crippen LogP contribution in [0.5, 0.6) is 11.5 Å². The molecule has 0 aliphatic carbocycles. The number of rotatable bonds is 11. The van der Waals surface area contributed by atoms with Crippen LogP contribution in [0, 0.1) is 0 Å². The van der Waals surface area contributed by atoms with Gasteiger partial charge in [0.05, 0.1) is 42.5 Å². The number of nitrogens with one attached hydrogen (secondary N) is 2. The molecule has 42 heavy (non-hydrogen) atoms. The molecule has 1 amide bonds. The number of aryl methyl sites for hydroxylation is 1. The van der Waals surface area contributed by atoms with Gasteiger partial charge in [0.1, 0.15) is 12.7 Å². The van der Waals surface area contributed by atoms with Crippen molar-refractivity contribution in [3.8, 4) is 33.3 Å². The van der Waals surface area contributed by atoms with Crippen molar-refractivity contribution in [1.82, 2.24) is 14.9 Å². The van der Waals surface area contributed by atoms with Crippen molar-refractivity contribution < 1.29 is 29.6 Å². The van der Waals surface area contributed by atoms with E-state index in [1.807, 2.05) is 66.2 Å². The first-order valence-electron chi connectivity index (χ1n) is 13.9. The highest BCUT2D eigenvalue weighted by Gasteiger charge is 2.29. The maximum atomic E-state index is 13.9. The van der Waals surface area contributed by atoms with E-state index in [0.717, 1.165) is 50.3 Å². The van der Waals surface area contributed by atoms with E-state index in [1.54, 1.807) is 18.4 Å². The smallest absolute Gasteiger partial charge is 0.253 e. The molecule has 0 saturated heterocycles. The van der Waals surface area contributed by atoms with Crippen LogP contribution in [-0.4, -0.2) is 69.9 Å². The van der Waals surface area contributed by atoms with Gasteiger partial charge in [-0.05, 0) is 59.7 Å². The van der Waals surface area contributed by atoms with E-state index in [-0.39, 0.29) is 19.1 Å². The van der Waals surface area contributed by atoms with E-state index in [2.05, 4.69) is 14.9 Å². The number of nitrogens with zero attached hydrogens (tertiary/aromatic N) is 1. The van der Waals surface area contributed by atoms with Gasteiger partial charge in [0.2, 0.25) is 0 Å². The molecule has 218 valence electrons. The fourth-order valence-corrected chi connectivity index (χ4v) is 6.43. The number of aromatic nitrogens is 2. The summed E-state index contributed by atoms with van der Waals surface area (Å²) in [6, 6.07) is 17.2. The lowest BCUT2D eigenvalue weighted by Gasteiger charge is -2.23. The Labute approximate surface area is 247 Å². The zero-order valence-corrected chi connectivity index (χ0v) is 24.0. The number of para-hydroxylation sites is 1. The van der Waals surface area contributed by atoms with Gasteiger partial charge in [0, 0.05) is 34.9 Å². The second kappa shape index (κ2) is 12.0. The summed E-state index contributed by atoms with van der Waals surface area (Å²) in [7, 11) is 1.56. The number of aliphatic hydroxyl groups is 3. The number of hydrogen-bond donors (Lipinski definition) is 5. The maximum Gasteiger partial charge on any atom is 0.253 e. The lowest BCUT2D eigenvalue weighted by atomic mass is 9.97. The summed E-state index contributed by atoms with van der Waals surface area (Å²) in [5.74, 6) is 0.733. The fraction of sp³-hybridized carbons (Fsp3) is 0.281. The summed E-state index contributed by atoms with van der Waals surface area (Å²) in [6.45, 7) is -0.0159. The Morgan fingerprint density at radius 1 is 1.12 bits per heavy atom. The van der Waals surface area contributed by atoms with E-state index in [0.29, 0.717) is 30.0 Å². The Morgan fingerprint density at radius 2 is 1.98 bits per heavy atom. The standard InChI is InChI=1S/C32H33N3O6S/c1-40-28-12-19-8-9-35-27(24(19)14-29(28)41-18-22(38)17-37)13-25(31(35)30-7-4-10-42-30)32(39)34-21(16-36)11-20-15-33-26-6-3-2-5-23(20)26/h2-7,10,12-15,21-22,33,36-38H,8-9,11,16-18H2,1H3,(H,34,39). The van der Waals surface area contributed by atoms with Crippen LogP contribution in [0.25, 0.3) is 32.7 Å². The van der Waals surface area contributed by atoms with Crippen LogP contribution in [0.15, 0.2) is 66.2 Å². The summed E-state index contributed by atoms with van der Waals surface area (Å²) in [5, 5.41) is 35.4. The Hall–Kier alpha value is -4.09. The Kier molecular flexibility index (Phi) is 8.03. The minimum Gasteiger partial charge on any atom is -0.493 e. The molecule has 0 bridgehead atoms. The summed E-state index contributed by atoms with van der Waals surface area (Å²) < 4.78 is 13.5. The fourth-order valence-electron chi connectivity index (χ4n) is 5.64. The third kappa shape index (κ3) is 5.30. The summed E-state index contributed by atoms with van der Waals surface area (Å²) in [4.78, 5) is 18.1. The predicted molar refractivity (Wildman–Crippen MR) is 162 cm³/mol. The molecule has 1 aliphatic rings. The Morgan fingerprint density at radius 3 is 2.74 bits per heavy atom. The average Bonchev–Trinajstić information content (AvgIpc) is 3.78. The van der Waals surface area contributed by atoms with Crippen LogP contribution >= 0.6 is 11.3 Å². The van der Waals surface area contributed by atoms with Gasteiger partial charge in [0.15, 0.2) is 11.5 Å². The van der Waals surface area contributed by atoms with E-state index in [1.165, 1.54) is 0 Å². The highest BCUT2D eigenvalue weighted by Crippen LogP contribution is 2.43. The Bertz CT molecular complexity index is 1710. The van der Waals surface area contributed by atoms with E-state index in [4.69, 9.17) is 9.47 Å². The number of hydrogen-bond acceptors (Lipinski definition) is 7. The highest BCUT2D eigenvalue weighted by molar-refractivity contribution is 7.13. The molecule has 2 atom stereocenters. The van der Waals surface area contributed by atoms with Crippen LogP contribution in [0.4, 0.5) is 0 Å². The van der Waals surface area contributed by atoms with Gasteiger partial charge in [-0.1, -0.05) is 24.3 Å². The van der Waals surface area contributed by atoms with Crippen LogP contribution in [0.2, 0.25) is 0 Å². The zero-order chi connectivity index (χ0) is 29.2. The molecule has 6 rings (SSSR count). The summed E-state index contributed by atoms with van der Waals surface area (Å²) in [5.41, 5.74) is 6.25. The van der Waals surface area contributed by atoms with Crippen molar-refractivity contribution in [2.24, 2.45) is 0 Å². The number of fused-ring (bicyclic) bond motifs is 4. The number of aliphatic hydroxyl groups excluding tert-OH is 3. The van der Waals surface area contributed by atoms with Crippen LogP contribution in [0.1, 0.15) is 21.5 Å². The van der Waals surface area contributed by atoms with Gasteiger partial charge < -0.3 is 39.7 Å². The first kappa shape index (κ1) is 28.0. The quantitative estimate of drug-likeness (QED) is 0.159. The third-order valence-electron chi connectivity index (χ3n) is 7.71. The van der Waals surface area contributed by atoms with Gasteiger partial charge in [-0.2, -0.15) is 0 Å². The number of H-pyrrole nitrogens is 1. The number of carbonyl (C=O) groups excluding carboxylic acids is 1. The summed E-state index contributed by atoms with van der Waals surface area (Å²) in [6.07, 6.45) is 2.13. The molecular formula is C32H33N3O6S. The predicted octanol–water partition coefficient (Wildman–Crippen LogP) is 4.00. The van der Waals surface area contributed by atoms with Crippen LogP contribution in [0.3, 0.4) is 0 Å². The number of methoxy groups -OCH3 is 1. The van der Waals surface area contributed by atoms with Crippen molar-refractivity contribution in [2.45, 2.75) is 31.5 Å². The number of thiophene rings is 1. The highest BCUT2D eigenvalue weighted by atomic mass is 32.1. The lowest BCUT2D eigenvalue weighted by Crippen LogP contribution is -2.39. The molecule has 5 aromatic rings. The molecule has 1 aliphatic heterocycles. The minimum atomic E-state index is -1.01. The SMILES string of the molecule is COc1cc2c(cc1OCC(O)CO)-c1cc(C(=O)NC(CO)Cc3c[nH]c4ccccc34)c(-c3cccs3)n1CC2. The number of carbonyl (C=O) groups is 1. The number of amides is 1. The van der Waals surface area contributed by atoms with Crippen molar-refractivity contribution in [3.05, 3.63) is 82.9 Å². The van der Waals surface area contributed by atoms with Crippen molar-refractivity contribution >= 4 is 28.1 Å². The average molecular weight is 588 g/mol. The zero-order valence-electron chi connectivity index (χ0n) is 23.2. The summed E-state index contributed by atoms with van der Waals surface area (Å²) >= 11 is 1.57. The molecule has 5 N–H and O–H groups in total. The molecule has 3 aromatic heterocycles. The van der Waals surface area contributed by atoms with Gasteiger partial charge in [-0.25, -0.2) is 0 Å². The molecule has 10 heteroatoms. The number of benzene rings is 2. The topological polar surface area (TPSA) is 129 Å². The monoisotopic (exact) mass is 587 g/mol. The van der Waals surface area contributed by atoms with Gasteiger partial charge in [0.25, 0.3) is 5.91 Å². The van der Waals surface area contributed by atoms with Gasteiger partial charge in [-0.3, -0.25) is 4.79 Å². The third-order valence-corrected chi connectivity index (χ3v) is 8.58.